The van der Waals surface area contributed by atoms with E-state index in [4.69, 9.17) is 21.3 Å². The Morgan fingerprint density at radius 3 is 2.89 bits per heavy atom. The van der Waals surface area contributed by atoms with E-state index < -0.39 is 0 Å². The molecule has 1 saturated heterocycles. The van der Waals surface area contributed by atoms with Gasteiger partial charge in [0, 0.05) is 22.5 Å². The molecule has 0 radical (unpaired) electrons. The molecule has 1 fully saturated rings. The van der Waals surface area contributed by atoms with Crippen LogP contribution >= 0.6 is 39.3 Å². The predicted octanol–water partition coefficient (Wildman–Crippen LogP) is 5.58. The number of hydrogen-bond acceptors (Lipinski definition) is 6. The van der Waals surface area contributed by atoms with Gasteiger partial charge in [-0.15, -0.1) is 0 Å². The van der Waals surface area contributed by atoms with Crippen LogP contribution in [0.2, 0.25) is 5.02 Å². The molecule has 0 spiro atoms. The van der Waals surface area contributed by atoms with E-state index in [1.54, 1.807) is 18.0 Å². The van der Waals surface area contributed by atoms with Crippen molar-refractivity contribution in [1.29, 1.82) is 0 Å². The number of halogens is 2. The lowest BCUT2D eigenvalue weighted by molar-refractivity contribution is 0.253. The number of rotatable bonds is 5. The van der Waals surface area contributed by atoms with Crippen molar-refractivity contribution in [3.8, 4) is 11.5 Å². The molecule has 1 N–H and O–H groups in total. The fourth-order valence-corrected chi connectivity index (χ4v) is 5.86. The van der Waals surface area contributed by atoms with Crippen molar-refractivity contribution in [2.45, 2.75) is 38.4 Å². The number of pyridine rings is 1. The van der Waals surface area contributed by atoms with Crippen LogP contribution in [0.15, 0.2) is 39.9 Å². The molecule has 2 aromatic rings. The van der Waals surface area contributed by atoms with E-state index in [2.05, 4.69) is 32.7 Å². The highest BCUT2D eigenvalue weighted by Crippen LogP contribution is 2.53. The summed E-state index contributed by atoms with van der Waals surface area (Å²) in [5, 5.41) is 11.7. The minimum atomic E-state index is -0.149. The number of benzene rings is 1. The number of fused-ring (bicyclic) bond motifs is 1. The first-order valence-corrected chi connectivity index (χ1v) is 11.5. The number of hydrogen-bond donors (Lipinski definition) is 1. The Hall–Kier alpha value is -1.44. The summed E-state index contributed by atoms with van der Waals surface area (Å²) in [6.07, 6.45) is 2.82. The molecule has 28 heavy (non-hydrogen) atoms. The van der Waals surface area contributed by atoms with Crippen molar-refractivity contribution in [3.63, 3.8) is 0 Å². The fraction of sp³-hybridized carbons (Fsp3) is 0.400. The molecule has 5 nitrogen and oxygen atoms in total. The molecular weight excluding hydrogens is 462 g/mol. The highest BCUT2D eigenvalue weighted by atomic mass is 79.9. The molecule has 2 aliphatic heterocycles. The maximum atomic E-state index is 10.4. The van der Waals surface area contributed by atoms with E-state index >= 15 is 0 Å². The number of aromatic nitrogens is 1. The molecule has 0 bridgehead atoms. The summed E-state index contributed by atoms with van der Waals surface area (Å²) in [6, 6.07) is 7.95. The monoisotopic (exact) mass is 481 g/mol. The third-order valence-electron chi connectivity index (χ3n) is 5.12. The van der Waals surface area contributed by atoms with Gasteiger partial charge in [0.1, 0.15) is 11.1 Å². The van der Waals surface area contributed by atoms with Crippen LogP contribution in [0, 0.1) is 0 Å². The first-order valence-electron chi connectivity index (χ1n) is 9.30. The van der Waals surface area contributed by atoms with Gasteiger partial charge in [0.05, 0.1) is 18.3 Å². The van der Waals surface area contributed by atoms with Crippen molar-refractivity contribution in [2.75, 3.05) is 12.4 Å². The van der Waals surface area contributed by atoms with E-state index in [1.807, 2.05) is 31.2 Å². The normalized spacial score (nSPS) is 23.6. The van der Waals surface area contributed by atoms with Gasteiger partial charge in [0.15, 0.2) is 16.7 Å². The van der Waals surface area contributed by atoms with Crippen LogP contribution in [0.5, 0.6) is 11.5 Å². The van der Waals surface area contributed by atoms with Crippen molar-refractivity contribution in [1.82, 2.24) is 9.88 Å². The molecule has 4 rings (SSSR count). The average molecular weight is 483 g/mol. The van der Waals surface area contributed by atoms with Crippen molar-refractivity contribution in [3.05, 3.63) is 51.2 Å². The SMILES string of the molecule is CCOc1cc([C@@H]2[C@H](c3ccccn3)N=C3SC[C@H](CC)N32)c(Br)c(Cl)c1O. The quantitative estimate of drug-likeness (QED) is 0.603. The summed E-state index contributed by atoms with van der Waals surface area (Å²) in [4.78, 5) is 12.0. The topological polar surface area (TPSA) is 58.0 Å². The van der Waals surface area contributed by atoms with E-state index in [9.17, 15) is 5.11 Å². The lowest BCUT2D eigenvalue weighted by atomic mass is 9.95. The Labute approximate surface area is 182 Å². The van der Waals surface area contributed by atoms with Gasteiger partial charge in [0.25, 0.3) is 0 Å². The first-order chi connectivity index (χ1) is 13.6. The number of phenolic OH excluding ortho intramolecular Hbond substituents is 1. The van der Waals surface area contributed by atoms with Gasteiger partial charge in [-0.1, -0.05) is 36.4 Å². The molecule has 148 valence electrons. The summed E-state index contributed by atoms with van der Waals surface area (Å²) in [7, 11) is 0. The minimum Gasteiger partial charge on any atom is -0.503 e. The zero-order chi connectivity index (χ0) is 19.8. The van der Waals surface area contributed by atoms with Gasteiger partial charge < -0.3 is 14.7 Å². The maximum absolute atomic E-state index is 10.4. The van der Waals surface area contributed by atoms with Crippen LogP contribution in [-0.2, 0) is 0 Å². The van der Waals surface area contributed by atoms with Crippen LogP contribution in [0.1, 0.15) is 43.6 Å². The number of ether oxygens (including phenoxy) is 1. The molecule has 1 aromatic carbocycles. The van der Waals surface area contributed by atoms with Gasteiger partial charge in [-0.2, -0.15) is 0 Å². The van der Waals surface area contributed by atoms with Crippen molar-refractivity contribution >= 4 is 44.5 Å². The first kappa shape index (κ1) is 19.9. The molecule has 3 heterocycles. The van der Waals surface area contributed by atoms with Crippen LogP contribution < -0.4 is 4.74 Å². The van der Waals surface area contributed by atoms with E-state index in [1.165, 1.54) is 0 Å². The van der Waals surface area contributed by atoms with Gasteiger partial charge in [-0.05, 0) is 53.0 Å². The molecule has 8 heteroatoms. The van der Waals surface area contributed by atoms with Crippen LogP contribution in [0.3, 0.4) is 0 Å². The molecule has 0 saturated carbocycles. The zero-order valence-corrected chi connectivity index (χ0v) is 18.8. The second-order valence-electron chi connectivity index (χ2n) is 6.71. The number of thioether (sulfide) groups is 1. The van der Waals surface area contributed by atoms with Gasteiger partial charge >= 0.3 is 0 Å². The summed E-state index contributed by atoms with van der Waals surface area (Å²) >= 11 is 11.9. The lowest BCUT2D eigenvalue weighted by Crippen LogP contribution is -2.35. The second kappa shape index (κ2) is 8.13. The Kier molecular flexibility index (Phi) is 5.76. The third-order valence-corrected chi connectivity index (χ3v) is 7.70. The molecule has 2 aliphatic rings. The Bertz CT molecular complexity index is 912. The molecule has 0 unspecified atom stereocenters. The second-order valence-corrected chi connectivity index (χ2v) is 8.87. The van der Waals surface area contributed by atoms with Crippen molar-refractivity contribution in [2.24, 2.45) is 4.99 Å². The highest BCUT2D eigenvalue weighted by Gasteiger charge is 2.46. The van der Waals surface area contributed by atoms with E-state index in [0.29, 0.717) is 22.9 Å². The Balaban J connectivity index is 1.87. The van der Waals surface area contributed by atoms with Crippen molar-refractivity contribution < 1.29 is 9.84 Å². The highest BCUT2D eigenvalue weighted by molar-refractivity contribution is 9.10. The van der Waals surface area contributed by atoms with Gasteiger partial charge in [-0.3, -0.25) is 9.98 Å². The summed E-state index contributed by atoms with van der Waals surface area (Å²) < 4.78 is 6.32. The largest absolute Gasteiger partial charge is 0.503 e. The molecular formula is C20H21BrClN3O2S. The summed E-state index contributed by atoms with van der Waals surface area (Å²) in [5.41, 5.74) is 1.86. The molecule has 3 atom stereocenters. The minimum absolute atomic E-state index is 0.0458. The van der Waals surface area contributed by atoms with E-state index in [0.717, 1.165) is 28.6 Å². The number of amidine groups is 1. The summed E-state index contributed by atoms with van der Waals surface area (Å²) in [6.45, 7) is 4.52. The number of aromatic hydroxyl groups is 1. The summed E-state index contributed by atoms with van der Waals surface area (Å²) in [5.74, 6) is 1.36. The average Bonchev–Trinajstić information content (AvgIpc) is 3.28. The fourth-order valence-electron chi connectivity index (χ4n) is 3.78. The molecule has 1 aromatic heterocycles. The van der Waals surface area contributed by atoms with Crippen LogP contribution in [0.25, 0.3) is 0 Å². The number of nitrogens with zero attached hydrogens (tertiary/aromatic N) is 3. The third kappa shape index (κ3) is 3.27. The Morgan fingerprint density at radius 2 is 2.21 bits per heavy atom. The van der Waals surface area contributed by atoms with E-state index in [-0.39, 0.29) is 22.9 Å². The van der Waals surface area contributed by atoms with Gasteiger partial charge in [-0.25, -0.2) is 0 Å². The zero-order valence-electron chi connectivity index (χ0n) is 15.6. The Morgan fingerprint density at radius 1 is 1.39 bits per heavy atom. The number of phenols is 1. The lowest BCUT2D eigenvalue weighted by Gasteiger charge is -2.33. The predicted molar refractivity (Wildman–Crippen MR) is 118 cm³/mol. The maximum Gasteiger partial charge on any atom is 0.177 e. The standard InChI is InChI=1S/C20H21BrClN3O2S/c1-3-11-10-28-20-24-17(13-7-5-6-8-23-13)18(25(11)20)12-9-14(27-4-2)19(26)16(22)15(12)21/h5-9,11,17-18,26H,3-4,10H2,1-2H3/t11-,17-,18+/m0/s1. The smallest absolute Gasteiger partial charge is 0.177 e. The molecule has 0 amide bonds. The number of aliphatic imine (C=N–C) groups is 1. The van der Waals surface area contributed by atoms with Crippen LogP contribution in [0.4, 0.5) is 0 Å². The van der Waals surface area contributed by atoms with Crippen LogP contribution in [-0.4, -0.2) is 38.6 Å². The van der Waals surface area contributed by atoms with Gasteiger partial charge in [0.2, 0.25) is 0 Å². The molecule has 0 aliphatic carbocycles.